The Labute approximate surface area is 147 Å². The fourth-order valence-corrected chi connectivity index (χ4v) is 3.39. The van der Waals surface area contributed by atoms with Gasteiger partial charge in [0.15, 0.2) is 0 Å². The molecule has 1 N–H and O–H groups in total. The van der Waals surface area contributed by atoms with Crippen LogP contribution >= 0.6 is 0 Å². The van der Waals surface area contributed by atoms with Crippen LogP contribution in [0.3, 0.4) is 0 Å². The summed E-state index contributed by atoms with van der Waals surface area (Å²) in [5.74, 6) is -0.0637. The van der Waals surface area contributed by atoms with Crippen LogP contribution in [0.2, 0.25) is 0 Å². The monoisotopic (exact) mass is 331 g/mol. The lowest BCUT2D eigenvalue weighted by molar-refractivity contribution is 0.0952. The van der Waals surface area contributed by atoms with Gasteiger partial charge in [0.25, 0.3) is 5.91 Å². The molecular weight excluding hydrogens is 310 g/mol. The molecule has 25 heavy (non-hydrogen) atoms. The van der Waals surface area contributed by atoms with Crippen LogP contribution in [-0.2, 0) is 6.42 Å². The Morgan fingerprint density at radius 1 is 1.12 bits per heavy atom. The first-order chi connectivity index (χ1) is 12.1. The van der Waals surface area contributed by atoms with Crippen molar-refractivity contribution in [1.82, 2.24) is 15.2 Å². The van der Waals surface area contributed by atoms with E-state index in [-0.39, 0.29) is 5.91 Å². The van der Waals surface area contributed by atoms with E-state index in [0.29, 0.717) is 12.1 Å². The molecule has 0 spiro atoms. The summed E-state index contributed by atoms with van der Waals surface area (Å²) >= 11 is 0. The van der Waals surface area contributed by atoms with Gasteiger partial charge in [0, 0.05) is 30.5 Å². The number of hydrogen-bond acceptors (Lipinski definition) is 3. The number of likely N-dealkylation sites (N-methyl/N-ethyl adjacent to an activating group) is 1. The molecule has 4 nitrogen and oxygen atoms in total. The van der Waals surface area contributed by atoms with Crippen molar-refractivity contribution in [2.24, 2.45) is 0 Å². The molecule has 1 heterocycles. The summed E-state index contributed by atoms with van der Waals surface area (Å²) in [6.45, 7) is 1.43. The Morgan fingerprint density at radius 3 is 2.80 bits per heavy atom. The van der Waals surface area contributed by atoms with E-state index < -0.39 is 0 Å². The molecular formula is C21H21N3O. The van der Waals surface area contributed by atoms with E-state index in [9.17, 15) is 4.79 Å². The first kappa shape index (κ1) is 15.8. The van der Waals surface area contributed by atoms with Crippen LogP contribution in [0.4, 0.5) is 0 Å². The van der Waals surface area contributed by atoms with Crippen LogP contribution in [-0.4, -0.2) is 43.0 Å². The molecule has 1 aliphatic carbocycles. The van der Waals surface area contributed by atoms with Gasteiger partial charge in [0.1, 0.15) is 0 Å². The van der Waals surface area contributed by atoms with Crippen LogP contribution in [0.15, 0.2) is 48.5 Å². The Bertz CT molecular complexity index is 963. The largest absolute Gasteiger partial charge is 0.351 e. The van der Waals surface area contributed by atoms with Gasteiger partial charge < -0.3 is 10.2 Å². The third kappa shape index (κ3) is 2.89. The van der Waals surface area contributed by atoms with Crippen molar-refractivity contribution >= 4 is 16.8 Å². The SMILES string of the molecule is CN(C)CCNC(=O)c1cccc2cc3c(nc12)-c1ccccc1C3. The molecule has 4 heteroatoms. The second-order valence-electron chi connectivity index (χ2n) is 6.77. The van der Waals surface area contributed by atoms with Gasteiger partial charge in [0.05, 0.1) is 16.8 Å². The van der Waals surface area contributed by atoms with Crippen LogP contribution in [0, 0.1) is 0 Å². The second kappa shape index (κ2) is 6.30. The Morgan fingerprint density at radius 2 is 1.96 bits per heavy atom. The van der Waals surface area contributed by atoms with Gasteiger partial charge in [-0.3, -0.25) is 4.79 Å². The third-order valence-corrected chi connectivity index (χ3v) is 4.67. The molecule has 0 aliphatic heterocycles. The minimum Gasteiger partial charge on any atom is -0.351 e. The summed E-state index contributed by atoms with van der Waals surface area (Å²) < 4.78 is 0. The zero-order valence-electron chi connectivity index (χ0n) is 14.5. The highest BCUT2D eigenvalue weighted by atomic mass is 16.1. The van der Waals surface area contributed by atoms with Crippen molar-refractivity contribution in [1.29, 1.82) is 0 Å². The van der Waals surface area contributed by atoms with E-state index in [2.05, 4.69) is 29.6 Å². The number of nitrogens with one attached hydrogen (secondary N) is 1. The summed E-state index contributed by atoms with van der Waals surface area (Å²) in [5, 5.41) is 4.01. The van der Waals surface area contributed by atoms with Crippen molar-refractivity contribution in [2.45, 2.75) is 6.42 Å². The Balaban J connectivity index is 1.74. The molecule has 0 unspecified atom stereocenters. The number of hydrogen-bond donors (Lipinski definition) is 1. The molecule has 1 aliphatic rings. The van der Waals surface area contributed by atoms with Crippen molar-refractivity contribution in [3.05, 3.63) is 65.2 Å². The van der Waals surface area contributed by atoms with Crippen LogP contribution in [0.5, 0.6) is 0 Å². The number of amides is 1. The third-order valence-electron chi connectivity index (χ3n) is 4.67. The van der Waals surface area contributed by atoms with Gasteiger partial charge in [-0.15, -0.1) is 0 Å². The Kier molecular flexibility index (Phi) is 3.98. The minimum atomic E-state index is -0.0637. The number of benzene rings is 2. The fourth-order valence-electron chi connectivity index (χ4n) is 3.39. The number of carbonyl (C=O) groups excluding carboxylic acids is 1. The van der Waals surface area contributed by atoms with E-state index in [4.69, 9.17) is 4.98 Å². The van der Waals surface area contributed by atoms with E-state index in [1.807, 2.05) is 43.3 Å². The smallest absolute Gasteiger partial charge is 0.253 e. The van der Waals surface area contributed by atoms with E-state index in [1.165, 1.54) is 16.7 Å². The van der Waals surface area contributed by atoms with Crippen LogP contribution in [0.25, 0.3) is 22.2 Å². The molecule has 0 atom stereocenters. The van der Waals surface area contributed by atoms with Crippen LogP contribution < -0.4 is 5.32 Å². The maximum atomic E-state index is 12.6. The predicted molar refractivity (Wildman–Crippen MR) is 101 cm³/mol. The number of para-hydroxylation sites is 1. The zero-order valence-corrected chi connectivity index (χ0v) is 14.5. The first-order valence-corrected chi connectivity index (χ1v) is 8.57. The highest BCUT2D eigenvalue weighted by molar-refractivity contribution is 6.06. The van der Waals surface area contributed by atoms with Gasteiger partial charge in [-0.1, -0.05) is 36.4 Å². The van der Waals surface area contributed by atoms with Crippen molar-refractivity contribution in [2.75, 3.05) is 27.2 Å². The zero-order chi connectivity index (χ0) is 17.4. The molecule has 1 aromatic heterocycles. The number of nitrogens with zero attached hydrogens (tertiary/aromatic N) is 2. The summed E-state index contributed by atoms with van der Waals surface area (Å²) in [6, 6.07) is 16.4. The maximum Gasteiger partial charge on any atom is 0.253 e. The van der Waals surface area contributed by atoms with E-state index in [0.717, 1.165) is 29.6 Å². The predicted octanol–water partition coefficient (Wildman–Crippen LogP) is 3.10. The highest BCUT2D eigenvalue weighted by Crippen LogP contribution is 2.37. The van der Waals surface area contributed by atoms with Gasteiger partial charge in [0.2, 0.25) is 0 Å². The van der Waals surface area contributed by atoms with Gasteiger partial charge in [-0.05, 0) is 37.4 Å². The van der Waals surface area contributed by atoms with Crippen molar-refractivity contribution in [3.8, 4) is 11.3 Å². The number of fused-ring (bicyclic) bond motifs is 4. The first-order valence-electron chi connectivity index (χ1n) is 8.57. The molecule has 2 aromatic carbocycles. The van der Waals surface area contributed by atoms with Crippen molar-refractivity contribution in [3.63, 3.8) is 0 Å². The molecule has 0 saturated heterocycles. The lowest BCUT2D eigenvalue weighted by Crippen LogP contribution is -2.31. The maximum absolute atomic E-state index is 12.6. The lowest BCUT2D eigenvalue weighted by atomic mass is 10.1. The number of carbonyl (C=O) groups is 1. The molecule has 0 saturated carbocycles. The quantitative estimate of drug-likeness (QED) is 0.625. The fraction of sp³-hybridized carbons (Fsp3) is 0.238. The minimum absolute atomic E-state index is 0.0637. The van der Waals surface area contributed by atoms with Gasteiger partial charge >= 0.3 is 0 Å². The standard InChI is InChI=1S/C21H21N3O/c1-24(2)11-10-22-21(25)18-9-5-7-15-13-16-12-14-6-3-4-8-17(14)20(16)23-19(15)18/h3-9,13H,10-12H2,1-2H3,(H,22,25). The summed E-state index contributed by atoms with van der Waals surface area (Å²) in [5.41, 5.74) is 6.15. The molecule has 3 aromatic rings. The molecule has 4 rings (SSSR count). The summed E-state index contributed by atoms with van der Waals surface area (Å²) in [4.78, 5) is 19.6. The number of rotatable bonds is 4. The Hall–Kier alpha value is -2.72. The van der Waals surface area contributed by atoms with E-state index >= 15 is 0 Å². The molecule has 126 valence electrons. The number of pyridine rings is 1. The molecule has 0 fully saturated rings. The lowest BCUT2D eigenvalue weighted by Gasteiger charge is -2.12. The summed E-state index contributed by atoms with van der Waals surface area (Å²) in [6.07, 6.45) is 0.910. The summed E-state index contributed by atoms with van der Waals surface area (Å²) in [7, 11) is 3.98. The topological polar surface area (TPSA) is 45.2 Å². The molecule has 0 radical (unpaired) electrons. The number of aromatic nitrogens is 1. The average Bonchev–Trinajstić information content (AvgIpc) is 2.96. The average molecular weight is 331 g/mol. The van der Waals surface area contributed by atoms with Gasteiger partial charge in [-0.2, -0.15) is 0 Å². The normalized spacial score (nSPS) is 12.3. The van der Waals surface area contributed by atoms with Crippen molar-refractivity contribution < 1.29 is 4.79 Å². The van der Waals surface area contributed by atoms with E-state index in [1.54, 1.807) is 0 Å². The highest BCUT2D eigenvalue weighted by Gasteiger charge is 2.21. The molecule has 0 bridgehead atoms. The van der Waals surface area contributed by atoms with Gasteiger partial charge in [-0.25, -0.2) is 4.98 Å². The molecule has 1 amide bonds. The van der Waals surface area contributed by atoms with Crippen LogP contribution in [0.1, 0.15) is 21.5 Å². The second-order valence-corrected chi connectivity index (χ2v) is 6.77.